The quantitative estimate of drug-likeness (QED) is 0.562. The van der Waals surface area contributed by atoms with Gasteiger partial charge in [0.25, 0.3) is 5.91 Å². The normalized spacial score (nSPS) is 18.1. The topological polar surface area (TPSA) is 107 Å². The molecule has 154 valence electrons. The summed E-state index contributed by atoms with van der Waals surface area (Å²) >= 11 is 0. The van der Waals surface area contributed by atoms with E-state index in [4.69, 9.17) is 4.74 Å². The molecule has 2 aromatic rings. The molecule has 0 spiro atoms. The molecule has 8 nitrogen and oxygen atoms in total. The van der Waals surface area contributed by atoms with Crippen LogP contribution in [0, 0.1) is 13.8 Å². The summed E-state index contributed by atoms with van der Waals surface area (Å²) in [5, 5.41) is 7.07. The van der Waals surface area contributed by atoms with Crippen LogP contribution in [0.5, 0.6) is 0 Å². The molecule has 0 bridgehead atoms. The van der Waals surface area contributed by atoms with Crippen LogP contribution in [0.25, 0.3) is 11.8 Å². The molecule has 1 N–H and O–H groups in total. The molecule has 1 saturated heterocycles. The van der Waals surface area contributed by atoms with Gasteiger partial charge in [-0.3, -0.25) is 4.79 Å². The van der Waals surface area contributed by atoms with Crippen LogP contribution in [0.1, 0.15) is 23.4 Å². The minimum absolute atomic E-state index is 0.0653. The van der Waals surface area contributed by atoms with Crippen molar-refractivity contribution in [1.82, 2.24) is 15.1 Å². The van der Waals surface area contributed by atoms with Gasteiger partial charge in [-0.25, -0.2) is 17.9 Å². The lowest BCUT2D eigenvalue weighted by molar-refractivity contribution is -0.143. The largest absolute Gasteiger partial charge is 0.452 e. The highest BCUT2D eigenvalue weighted by atomic mass is 32.2. The Labute approximate surface area is 169 Å². The van der Waals surface area contributed by atoms with Gasteiger partial charge in [-0.05, 0) is 38.5 Å². The van der Waals surface area contributed by atoms with E-state index in [1.807, 2.05) is 44.2 Å². The molecule has 1 aromatic heterocycles. The molecular formula is C20H23N3O5S. The van der Waals surface area contributed by atoms with Gasteiger partial charge in [0.1, 0.15) is 0 Å². The average molecular weight is 417 g/mol. The minimum atomic E-state index is -3.08. The van der Waals surface area contributed by atoms with Crippen molar-refractivity contribution in [3.63, 3.8) is 0 Å². The Morgan fingerprint density at radius 3 is 2.66 bits per heavy atom. The van der Waals surface area contributed by atoms with E-state index < -0.39 is 34.4 Å². The number of aromatic nitrogens is 2. The summed E-state index contributed by atoms with van der Waals surface area (Å²) in [7, 11) is -3.08. The third kappa shape index (κ3) is 5.32. The van der Waals surface area contributed by atoms with Crippen molar-refractivity contribution in [2.45, 2.75) is 26.3 Å². The zero-order valence-electron chi connectivity index (χ0n) is 16.3. The average Bonchev–Trinajstić information content (AvgIpc) is 3.17. The van der Waals surface area contributed by atoms with E-state index in [2.05, 4.69) is 10.4 Å². The number of para-hydroxylation sites is 1. The fraction of sp³-hybridized carbons (Fsp3) is 0.350. The zero-order valence-corrected chi connectivity index (χ0v) is 17.1. The van der Waals surface area contributed by atoms with Gasteiger partial charge >= 0.3 is 5.97 Å². The highest BCUT2D eigenvalue weighted by Crippen LogP contribution is 2.19. The first kappa shape index (κ1) is 20.8. The second-order valence-corrected chi connectivity index (χ2v) is 9.17. The van der Waals surface area contributed by atoms with Gasteiger partial charge in [0.05, 0.1) is 22.9 Å². The summed E-state index contributed by atoms with van der Waals surface area (Å²) in [5.41, 5.74) is 3.35. The first-order valence-corrected chi connectivity index (χ1v) is 11.0. The molecule has 0 saturated carbocycles. The third-order valence-corrected chi connectivity index (χ3v) is 6.45. The first-order chi connectivity index (χ1) is 13.7. The Kier molecular flexibility index (Phi) is 6.17. The van der Waals surface area contributed by atoms with Crippen LogP contribution in [0.4, 0.5) is 0 Å². The van der Waals surface area contributed by atoms with E-state index in [1.54, 1.807) is 10.8 Å². The van der Waals surface area contributed by atoms with Gasteiger partial charge in [-0.2, -0.15) is 5.10 Å². The van der Waals surface area contributed by atoms with Gasteiger partial charge in [-0.15, -0.1) is 0 Å². The number of nitrogens with zero attached hydrogens (tertiary/aromatic N) is 2. The van der Waals surface area contributed by atoms with Gasteiger partial charge in [0, 0.05) is 23.4 Å². The Morgan fingerprint density at radius 2 is 2.00 bits per heavy atom. The second kappa shape index (κ2) is 8.60. The summed E-state index contributed by atoms with van der Waals surface area (Å²) in [4.78, 5) is 23.8. The summed E-state index contributed by atoms with van der Waals surface area (Å²) in [5.74, 6) is -1.18. The highest BCUT2D eigenvalue weighted by molar-refractivity contribution is 7.91. The number of sulfone groups is 1. The molecule has 0 radical (unpaired) electrons. The maximum atomic E-state index is 11.9. The van der Waals surface area contributed by atoms with Crippen LogP contribution in [-0.2, 0) is 24.2 Å². The van der Waals surface area contributed by atoms with Crippen LogP contribution in [-0.4, -0.2) is 54.2 Å². The predicted molar refractivity (Wildman–Crippen MR) is 108 cm³/mol. The van der Waals surface area contributed by atoms with Gasteiger partial charge in [0.2, 0.25) is 0 Å². The summed E-state index contributed by atoms with van der Waals surface area (Å²) in [6.07, 6.45) is 3.24. The van der Waals surface area contributed by atoms with E-state index in [1.165, 1.54) is 6.08 Å². The second-order valence-electron chi connectivity index (χ2n) is 6.94. The smallest absolute Gasteiger partial charge is 0.331 e. The van der Waals surface area contributed by atoms with E-state index in [0.717, 1.165) is 22.6 Å². The van der Waals surface area contributed by atoms with Crippen molar-refractivity contribution in [3.05, 3.63) is 53.4 Å². The van der Waals surface area contributed by atoms with Crippen molar-refractivity contribution < 1.29 is 22.7 Å². The van der Waals surface area contributed by atoms with Crippen LogP contribution in [0.2, 0.25) is 0 Å². The first-order valence-electron chi connectivity index (χ1n) is 9.21. The third-order valence-electron chi connectivity index (χ3n) is 4.68. The number of aryl methyl sites for hydroxylation is 1. The lowest BCUT2D eigenvalue weighted by Gasteiger charge is -2.10. The SMILES string of the molecule is Cc1nn(-c2ccccc2)c(C)c1/C=C/C(=O)OCC(=O)N[C@H]1CCS(=O)(=O)C1. The van der Waals surface area contributed by atoms with Crippen molar-refractivity contribution >= 4 is 27.8 Å². The zero-order chi connectivity index (χ0) is 21.0. The highest BCUT2D eigenvalue weighted by Gasteiger charge is 2.28. The number of hydrogen-bond acceptors (Lipinski definition) is 6. The number of ether oxygens (including phenoxy) is 1. The van der Waals surface area contributed by atoms with Crippen LogP contribution in [0.3, 0.4) is 0 Å². The number of carbonyl (C=O) groups is 2. The maximum absolute atomic E-state index is 11.9. The summed E-state index contributed by atoms with van der Waals surface area (Å²) < 4.78 is 29.5. The molecule has 1 atom stereocenters. The number of carbonyl (C=O) groups excluding carboxylic acids is 2. The number of rotatable bonds is 6. The Hall–Kier alpha value is -2.94. The predicted octanol–water partition coefficient (Wildman–Crippen LogP) is 1.35. The fourth-order valence-corrected chi connectivity index (χ4v) is 4.90. The van der Waals surface area contributed by atoms with E-state index in [-0.39, 0.29) is 11.5 Å². The van der Waals surface area contributed by atoms with E-state index >= 15 is 0 Å². The van der Waals surface area contributed by atoms with Gasteiger partial charge in [-0.1, -0.05) is 18.2 Å². The van der Waals surface area contributed by atoms with Crippen LogP contribution < -0.4 is 5.32 Å². The van der Waals surface area contributed by atoms with Crippen molar-refractivity contribution in [2.75, 3.05) is 18.1 Å². The fourth-order valence-electron chi connectivity index (χ4n) is 3.23. The van der Waals surface area contributed by atoms with Crippen molar-refractivity contribution in [2.24, 2.45) is 0 Å². The molecule has 1 aliphatic heterocycles. The number of esters is 1. The lowest BCUT2D eigenvalue weighted by atomic mass is 10.2. The monoisotopic (exact) mass is 417 g/mol. The van der Waals surface area contributed by atoms with E-state index in [9.17, 15) is 18.0 Å². The number of nitrogens with one attached hydrogen (secondary N) is 1. The molecule has 1 aliphatic rings. The molecule has 2 heterocycles. The molecule has 1 aromatic carbocycles. The van der Waals surface area contributed by atoms with Gasteiger partial charge < -0.3 is 10.1 Å². The molecule has 9 heteroatoms. The number of amides is 1. The molecule has 1 fully saturated rings. The van der Waals surface area contributed by atoms with Crippen molar-refractivity contribution in [1.29, 1.82) is 0 Å². The Morgan fingerprint density at radius 1 is 1.28 bits per heavy atom. The Balaban J connectivity index is 1.56. The number of hydrogen-bond donors (Lipinski definition) is 1. The summed E-state index contributed by atoms with van der Waals surface area (Å²) in [6.45, 7) is 3.29. The lowest BCUT2D eigenvalue weighted by Crippen LogP contribution is -2.38. The van der Waals surface area contributed by atoms with Gasteiger partial charge in [0.15, 0.2) is 16.4 Å². The van der Waals surface area contributed by atoms with Crippen LogP contribution in [0.15, 0.2) is 36.4 Å². The standard InChI is InChI=1S/C20H23N3O5S/c1-14-18(15(2)23(22-14)17-6-4-3-5-7-17)8-9-20(25)28-12-19(24)21-16-10-11-29(26,27)13-16/h3-9,16H,10-13H2,1-2H3,(H,21,24)/b9-8+/t16-/m0/s1. The molecule has 0 unspecified atom stereocenters. The number of benzene rings is 1. The Bertz CT molecular complexity index is 1040. The molecular weight excluding hydrogens is 394 g/mol. The molecule has 29 heavy (non-hydrogen) atoms. The molecule has 3 rings (SSSR count). The minimum Gasteiger partial charge on any atom is -0.452 e. The molecule has 1 amide bonds. The van der Waals surface area contributed by atoms with E-state index in [0.29, 0.717) is 6.42 Å². The summed E-state index contributed by atoms with van der Waals surface area (Å²) in [6, 6.07) is 9.23. The maximum Gasteiger partial charge on any atom is 0.331 e. The molecule has 0 aliphatic carbocycles. The van der Waals surface area contributed by atoms with Crippen molar-refractivity contribution in [3.8, 4) is 5.69 Å². The van der Waals surface area contributed by atoms with Crippen LogP contribution >= 0.6 is 0 Å².